The van der Waals surface area contributed by atoms with Crippen molar-refractivity contribution in [2.75, 3.05) is 26.2 Å². The predicted octanol–water partition coefficient (Wildman–Crippen LogP) is 3.23. The van der Waals surface area contributed by atoms with E-state index in [1.165, 1.54) is 51.9 Å². The van der Waals surface area contributed by atoms with Gasteiger partial charge in [-0.15, -0.1) is 0 Å². The summed E-state index contributed by atoms with van der Waals surface area (Å²) >= 11 is 0. The first-order valence-electron chi connectivity index (χ1n) is 8.06. The van der Waals surface area contributed by atoms with E-state index in [4.69, 9.17) is 0 Å². The molecule has 0 unspecified atom stereocenters. The molecule has 2 saturated heterocycles. The van der Waals surface area contributed by atoms with E-state index in [2.05, 4.69) is 37.5 Å². The summed E-state index contributed by atoms with van der Waals surface area (Å²) in [5.74, 6) is 1.89. The highest BCUT2D eigenvalue weighted by Crippen LogP contribution is 2.27. The summed E-state index contributed by atoms with van der Waals surface area (Å²) in [7, 11) is 0. The van der Waals surface area contributed by atoms with Crippen LogP contribution in [0.1, 0.15) is 53.4 Å². The van der Waals surface area contributed by atoms with Crippen LogP contribution in [0.5, 0.6) is 0 Å². The molecule has 106 valence electrons. The summed E-state index contributed by atoms with van der Waals surface area (Å²) in [4.78, 5) is 5.40. The van der Waals surface area contributed by atoms with Crippen LogP contribution in [0.25, 0.3) is 0 Å². The lowest BCUT2D eigenvalue weighted by Gasteiger charge is -2.43. The summed E-state index contributed by atoms with van der Waals surface area (Å²) in [6.07, 6.45) is 5.64. The Balaban J connectivity index is 1.78. The SMILES string of the molecule is CC1CCN([C@H](C)C2CCN(C(C)C)CC2)CC1. The standard InChI is InChI=1S/C16H32N2/c1-13(2)17-11-7-16(8-12-17)15(4)18-9-5-14(3)6-10-18/h13-16H,5-12H2,1-4H3/t15-/m1/s1. The van der Waals surface area contributed by atoms with E-state index < -0.39 is 0 Å². The van der Waals surface area contributed by atoms with Crippen LogP contribution < -0.4 is 0 Å². The van der Waals surface area contributed by atoms with Crippen molar-refractivity contribution in [3.05, 3.63) is 0 Å². The Kier molecular flexibility index (Phi) is 5.08. The first kappa shape index (κ1) is 14.3. The zero-order valence-electron chi connectivity index (χ0n) is 12.9. The molecule has 0 amide bonds. The maximum atomic E-state index is 2.76. The highest BCUT2D eigenvalue weighted by molar-refractivity contribution is 4.84. The molecule has 1 atom stereocenters. The van der Waals surface area contributed by atoms with Crippen molar-refractivity contribution in [3.63, 3.8) is 0 Å². The lowest BCUT2D eigenvalue weighted by molar-refractivity contribution is 0.0640. The second kappa shape index (κ2) is 6.38. The van der Waals surface area contributed by atoms with Crippen LogP contribution in [-0.2, 0) is 0 Å². The minimum atomic E-state index is 0.733. The van der Waals surface area contributed by atoms with Crippen molar-refractivity contribution >= 4 is 0 Å². The molecule has 2 aliphatic heterocycles. The molecular formula is C16H32N2. The van der Waals surface area contributed by atoms with Crippen molar-refractivity contribution in [2.45, 2.75) is 65.5 Å². The maximum absolute atomic E-state index is 2.76. The van der Waals surface area contributed by atoms with Gasteiger partial charge in [-0.05, 0) is 84.5 Å². The van der Waals surface area contributed by atoms with Crippen LogP contribution >= 0.6 is 0 Å². The number of piperidine rings is 2. The van der Waals surface area contributed by atoms with Crippen LogP contribution in [-0.4, -0.2) is 48.1 Å². The van der Waals surface area contributed by atoms with E-state index in [0.29, 0.717) is 0 Å². The van der Waals surface area contributed by atoms with E-state index in [1.807, 2.05) is 0 Å². The minimum Gasteiger partial charge on any atom is -0.301 e. The highest BCUT2D eigenvalue weighted by Gasteiger charge is 2.29. The zero-order chi connectivity index (χ0) is 13.1. The van der Waals surface area contributed by atoms with E-state index in [9.17, 15) is 0 Å². The Morgan fingerprint density at radius 2 is 1.28 bits per heavy atom. The van der Waals surface area contributed by atoms with Gasteiger partial charge in [0.25, 0.3) is 0 Å². The van der Waals surface area contributed by atoms with Gasteiger partial charge in [-0.2, -0.15) is 0 Å². The molecule has 2 nitrogen and oxygen atoms in total. The Hall–Kier alpha value is -0.0800. The number of hydrogen-bond donors (Lipinski definition) is 0. The average Bonchev–Trinajstić information content (AvgIpc) is 2.39. The van der Waals surface area contributed by atoms with Crippen LogP contribution in [0, 0.1) is 11.8 Å². The lowest BCUT2D eigenvalue weighted by atomic mass is 9.87. The van der Waals surface area contributed by atoms with E-state index >= 15 is 0 Å². The van der Waals surface area contributed by atoms with Crippen LogP contribution in [0.2, 0.25) is 0 Å². The fourth-order valence-electron chi connectivity index (χ4n) is 3.65. The molecule has 0 aliphatic carbocycles. The molecule has 2 rings (SSSR count). The molecular weight excluding hydrogens is 220 g/mol. The second-order valence-corrected chi connectivity index (χ2v) is 6.93. The first-order valence-corrected chi connectivity index (χ1v) is 8.06. The van der Waals surface area contributed by atoms with E-state index in [-0.39, 0.29) is 0 Å². The summed E-state index contributed by atoms with van der Waals surface area (Å²) in [6, 6.07) is 1.55. The fraction of sp³-hybridized carbons (Fsp3) is 1.00. The third-order valence-electron chi connectivity index (χ3n) is 5.38. The minimum absolute atomic E-state index is 0.733. The summed E-state index contributed by atoms with van der Waals surface area (Å²) in [6.45, 7) is 14.9. The topological polar surface area (TPSA) is 6.48 Å². The molecule has 0 spiro atoms. The van der Waals surface area contributed by atoms with Crippen molar-refractivity contribution < 1.29 is 0 Å². The highest BCUT2D eigenvalue weighted by atomic mass is 15.2. The smallest absolute Gasteiger partial charge is 0.00961 e. The molecule has 18 heavy (non-hydrogen) atoms. The summed E-state index contributed by atoms with van der Waals surface area (Å²) in [5.41, 5.74) is 0. The van der Waals surface area contributed by atoms with Gasteiger partial charge in [-0.25, -0.2) is 0 Å². The van der Waals surface area contributed by atoms with Gasteiger partial charge in [0, 0.05) is 12.1 Å². The maximum Gasteiger partial charge on any atom is 0.00961 e. The van der Waals surface area contributed by atoms with Crippen LogP contribution in [0.4, 0.5) is 0 Å². The Morgan fingerprint density at radius 3 is 1.78 bits per heavy atom. The number of hydrogen-bond acceptors (Lipinski definition) is 2. The first-order chi connectivity index (χ1) is 8.58. The summed E-state index contributed by atoms with van der Waals surface area (Å²) < 4.78 is 0. The van der Waals surface area contributed by atoms with Crippen molar-refractivity contribution in [3.8, 4) is 0 Å². The van der Waals surface area contributed by atoms with Gasteiger partial charge in [0.15, 0.2) is 0 Å². The molecule has 2 heterocycles. The number of likely N-dealkylation sites (tertiary alicyclic amines) is 2. The molecule has 0 aromatic heterocycles. The Morgan fingerprint density at radius 1 is 0.778 bits per heavy atom. The van der Waals surface area contributed by atoms with Crippen molar-refractivity contribution in [1.29, 1.82) is 0 Å². The Bertz CT molecular complexity index is 235. The van der Waals surface area contributed by atoms with Gasteiger partial charge < -0.3 is 9.80 Å². The molecule has 2 aliphatic rings. The molecule has 0 aromatic carbocycles. The predicted molar refractivity (Wildman–Crippen MR) is 78.9 cm³/mol. The van der Waals surface area contributed by atoms with Crippen molar-refractivity contribution in [1.82, 2.24) is 9.80 Å². The van der Waals surface area contributed by atoms with E-state index in [1.54, 1.807) is 0 Å². The van der Waals surface area contributed by atoms with Crippen LogP contribution in [0.3, 0.4) is 0 Å². The summed E-state index contributed by atoms with van der Waals surface area (Å²) in [5, 5.41) is 0. The zero-order valence-corrected chi connectivity index (χ0v) is 12.9. The van der Waals surface area contributed by atoms with Crippen molar-refractivity contribution in [2.24, 2.45) is 11.8 Å². The Labute approximate surface area is 114 Å². The largest absolute Gasteiger partial charge is 0.301 e. The van der Waals surface area contributed by atoms with Crippen LogP contribution in [0.15, 0.2) is 0 Å². The molecule has 0 N–H and O–H groups in total. The monoisotopic (exact) mass is 252 g/mol. The van der Waals surface area contributed by atoms with Gasteiger partial charge in [0.2, 0.25) is 0 Å². The fourth-order valence-corrected chi connectivity index (χ4v) is 3.65. The normalized spacial score (nSPS) is 27.8. The molecule has 0 saturated carbocycles. The number of rotatable bonds is 3. The van der Waals surface area contributed by atoms with E-state index in [0.717, 1.165) is 23.9 Å². The lowest BCUT2D eigenvalue weighted by Crippen LogP contribution is -2.47. The third-order valence-corrected chi connectivity index (χ3v) is 5.38. The van der Waals surface area contributed by atoms with Gasteiger partial charge in [0.05, 0.1) is 0 Å². The number of nitrogens with zero attached hydrogens (tertiary/aromatic N) is 2. The molecule has 0 aromatic rings. The average molecular weight is 252 g/mol. The molecule has 0 bridgehead atoms. The van der Waals surface area contributed by atoms with Gasteiger partial charge in [-0.3, -0.25) is 0 Å². The second-order valence-electron chi connectivity index (χ2n) is 6.93. The molecule has 2 fully saturated rings. The molecule has 2 heteroatoms. The van der Waals surface area contributed by atoms with Gasteiger partial charge in [-0.1, -0.05) is 6.92 Å². The quantitative estimate of drug-likeness (QED) is 0.761. The van der Waals surface area contributed by atoms with Gasteiger partial charge >= 0.3 is 0 Å². The van der Waals surface area contributed by atoms with Gasteiger partial charge in [0.1, 0.15) is 0 Å². The molecule has 0 radical (unpaired) electrons. The third kappa shape index (κ3) is 3.48.